The highest BCUT2D eigenvalue weighted by atomic mass is 32.2. The van der Waals surface area contributed by atoms with E-state index in [2.05, 4.69) is 54.2 Å². The van der Waals surface area contributed by atoms with Crippen LogP contribution in [0, 0.1) is 56.7 Å². The molecule has 0 aromatic heterocycles. The molecule has 0 bridgehead atoms. The van der Waals surface area contributed by atoms with Crippen LogP contribution >= 0.6 is 0 Å². The van der Waals surface area contributed by atoms with Crippen molar-refractivity contribution < 1.29 is 13.2 Å². The topological polar surface area (TPSA) is 51.2 Å². The first-order chi connectivity index (χ1) is 19.4. The first-order valence-electron chi connectivity index (χ1n) is 16.6. The summed E-state index contributed by atoms with van der Waals surface area (Å²) in [7, 11) is -3.21. The van der Waals surface area contributed by atoms with Crippen molar-refractivity contribution in [3.05, 3.63) is 48.1 Å². The van der Waals surface area contributed by atoms with Gasteiger partial charge in [-0.25, -0.2) is 8.42 Å². The number of rotatable bonds is 4. The van der Waals surface area contributed by atoms with Gasteiger partial charge in [0.25, 0.3) is 0 Å². The van der Waals surface area contributed by atoms with Crippen LogP contribution in [-0.2, 0) is 14.6 Å². The Morgan fingerprint density at radius 2 is 1.50 bits per heavy atom. The third-order valence-corrected chi connectivity index (χ3v) is 16.1. The normalized spacial score (nSPS) is 44.2. The van der Waals surface area contributed by atoms with Gasteiger partial charge >= 0.3 is 0 Å². The molecule has 230 valence electrons. The quantitative estimate of drug-likeness (QED) is 0.328. The lowest BCUT2D eigenvalue weighted by Crippen LogP contribution is -2.65. The van der Waals surface area contributed by atoms with Crippen LogP contribution in [0.3, 0.4) is 0 Å². The van der Waals surface area contributed by atoms with Gasteiger partial charge in [0.1, 0.15) is 5.78 Å². The molecular weight excluding hydrogens is 536 g/mol. The highest BCUT2D eigenvalue weighted by molar-refractivity contribution is 7.90. The Labute approximate surface area is 255 Å². The molecule has 0 amide bonds. The lowest BCUT2D eigenvalue weighted by atomic mass is 9.32. The molecular formula is C38H54O3S. The first-order valence-corrected chi connectivity index (χ1v) is 18.5. The summed E-state index contributed by atoms with van der Waals surface area (Å²) in [6.45, 7) is 21.4. The maximum Gasteiger partial charge on any atom is 0.175 e. The zero-order valence-corrected chi connectivity index (χ0v) is 28.3. The van der Waals surface area contributed by atoms with Crippen molar-refractivity contribution in [1.29, 1.82) is 0 Å². The molecule has 1 aromatic rings. The summed E-state index contributed by atoms with van der Waals surface area (Å²) in [5.74, 6) is 3.21. The summed E-state index contributed by atoms with van der Waals surface area (Å²) in [6, 6.07) is 7.60. The average Bonchev–Trinajstić information content (AvgIpc) is 3.30. The smallest absolute Gasteiger partial charge is 0.175 e. The van der Waals surface area contributed by atoms with Gasteiger partial charge in [-0.1, -0.05) is 65.0 Å². The minimum Gasteiger partial charge on any atom is -0.299 e. The van der Waals surface area contributed by atoms with Gasteiger partial charge in [0.05, 0.1) is 4.90 Å². The molecule has 6 rings (SSSR count). The molecule has 3 nitrogen and oxygen atoms in total. The van der Waals surface area contributed by atoms with Crippen LogP contribution < -0.4 is 0 Å². The van der Waals surface area contributed by atoms with Crippen LogP contribution in [0.2, 0.25) is 0 Å². The van der Waals surface area contributed by atoms with E-state index in [9.17, 15) is 13.2 Å². The standard InChI is InChI=1S/C38H54O3S/c1-24(2)28-16-21-38(25(3)39)23-22-36(7)30(33(28)38)14-15-32-35(6)19-17-29(26-10-12-27(13-11-26)42(9,40)41)34(4,5)31(35)18-20-37(32,36)8/h10-13,17,28,30-33H,1,14-16,18-23H2,2-9H3/t28-,30+,31-,32+,33+,35-,36+,37+,38+/m0/s1. The minimum absolute atomic E-state index is 0.00549. The minimum atomic E-state index is -3.21. The van der Waals surface area contributed by atoms with E-state index in [1.54, 1.807) is 12.1 Å². The highest BCUT2D eigenvalue weighted by Crippen LogP contribution is 2.77. The second kappa shape index (κ2) is 9.41. The van der Waals surface area contributed by atoms with E-state index in [0.717, 1.165) is 25.7 Å². The summed E-state index contributed by atoms with van der Waals surface area (Å²) >= 11 is 0. The van der Waals surface area contributed by atoms with E-state index >= 15 is 0 Å². The van der Waals surface area contributed by atoms with Gasteiger partial charge in [0, 0.05) is 11.7 Å². The molecule has 0 heterocycles. The number of allylic oxidation sites excluding steroid dienone is 3. The number of carbonyl (C=O) groups excluding carboxylic acids is 1. The van der Waals surface area contributed by atoms with Crippen LogP contribution in [0.5, 0.6) is 0 Å². The number of hydrogen-bond donors (Lipinski definition) is 0. The van der Waals surface area contributed by atoms with Crippen molar-refractivity contribution in [3.63, 3.8) is 0 Å². The molecule has 5 aliphatic carbocycles. The molecule has 0 radical (unpaired) electrons. The molecule has 5 aliphatic rings. The Morgan fingerprint density at radius 1 is 0.833 bits per heavy atom. The fourth-order valence-electron chi connectivity index (χ4n) is 12.7. The molecule has 0 unspecified atom stereocenters. The molecule has 0 saturated heterocycles. The number of carbonyl (C=O) groups is 1. The number of sulfone groups is 1. The Kier molecular flexibility index (Phi) is 6.80. The van der Waals surface area contributed by atoms with Crippen LogP contribution in [0.15, 0.2) is 47.4 Å². The summed E-state index contributed by atoms with van der Waals surface area (Å²) in [6.07, 6.45) is 14.3. The lowest BCUT2D eigenvalue weighted by Gasteiger charge is -2.72. The Hall–Kier alpha value is -1.68. The van der Waals surface area contributed by atoms with E-state index in [4.69, 9.17) is 0 Å². The van der Waals surface area contributed by atoms with Crippen LogP contribution in [-0.4, -0.2) is 20.5 Å². The zero-order chi connectivity index (χ0) is 30.7. The SMILES string of the molecule is C=C(C)[C@@H]1CC[C@]2(C(C)=O)CC[C@]3(C)[C@H](CC[C@@H]4[C@@]5(C)CC=C(c6ccc(S(C)(=O)=O)cc6)C(C)(C)[C@@H]5CC[C@]43C)[C@@H]12. The van der Waals surface area contributed by atoms with Gasteiger partial charge in [-0.3, -0.25) is 4.79 Å². The molecule has 0 spiro atoms. The third kappa shape index (κ3) is 3.88. The molecule has 4 saturated carbocycles. The Balaban J connectivity index is 1.37. The van der Waals surface area contributed by atoms with Crippen molar-refractivity contribution in [2.24, 2.45) is 56.7 Å². The molecule has 1 aromatic carbocycles. The highest BCUT2D eigenvalue weighted by Gasteiger charge is 2.71. The molecule has 0 N–H and O–H groups in total. The van der Waals surface area contributed by atoms with Crippen LogP contribution in [0.1, 0.15) is 112 Å². The maximum absolute atomic E-state index is 13.4. The zero-order valence-electron chi connectivity index (χ0n) is 27.5. The van der Waals surface area contributed by atoms with Crippen molar-refractivity contribution >= 4 is 21.2 Å². The fourth-order valence-corrected chi connectivity index (χ4v) is 13.4. The van der Waals surface area contributed by atoms with Gasteiger partial charge in [0.15, 0.2) is 9.84 Å². The average molecular weight is 591 g/mol. The third-order valence-electron chi connectivity index (χ3n) is 14.9. The fraction of sp³-hybridized carbons (Fsp3) is 0.711. The summed E-state index contributed by atoms with van der Waals surface area (Å²) in [4.78, 5) is 13.8. The predicted molar refractivity (Wildman–Crippen MR) is 173 cm³/mol. The second-order valence-electron chi connectivity index (χ2n) is 16.7. The van der Waals surface area contributed by atoms with Gasteiger partial charge in [0.2, 0.25) is 0 Å². The van der Waals surface area contributed by atoms with Gasteiger partial charge in [-0.15, -0.1) is 0 Å². The maximum atomic E-state index is 13.4. The summed E-state index contributed by atoms with van der Waals surface area (Å²) in [5, 5.41) is 0. The number of fused-ring (bicyclic) bond motifs is 7. The molecule has 0 aliphatic heterocycles. The van der Waals surface area contributed by atoms with Crippen molar-refractivity contribution in [2.45, 2.75) is 111 Å². The summed E-state index contributed by atoms with van der Waals surface area (Å²) in [5.41, 5.74) is 4.43. The van der Waals surface area contributed by atoms with E-state index < -0.39 is 9.84 Å². The van der Waals surface area contributed by atoms with Crippen molar-refractivity contribution in [2.75, 3.05) is 6.26 Å². The number of ketones is 1. The van der Waals surface area contributed by atoms with E-state index in [1.807, 2.05) is 19.1 Å². The molecule has 9 atom stereocenters. The molecule has 42 heavy (non-hydrogen) atoms. The van der Waals surface area contributed by atoms with Crippen molar-refractivity contribution in [1.82, 2.24) is 0 Å². The van der Waals surface area contributed by atoms with E-state index in [-0.39, 0.29) is 27.1 Å². The lowest BCUT2D eigenvalue weighted by molar-refractivity contribution is -0.224. The van der Waals surface area contributed by atoms with Crippen LogP contribution in [0.4, 0.5) is 0 Å². The van der Waals surface area contributed by atoms with Gasteiger partial charge in [-0.05, 0) is 146 Å². The van der Waals surface area contributed by atoms with Crippen molar-refractivity contribution in [3.8, 4) is 0 Å². The predicted octanol–water partition coefficient (Wildman–Crippen LogP) is 9.33. The second-order valence-corrected chi connectivity index (χ2v) is 18.8. The Bertz CT molecular complexity index is 1450. The first kappa shape index (κ1) is 30.4. The largest absolute Gasteiger partial charge is 0.299 e. The monoisotopic (exact) mass is 590 g/mol. The number of Topliss-reactive ketones (excluding diaryl/α,β-unsaturated/α-hetero) is 1. The van der Waals surface area contributed by atoms with Gasteiger partial charge < -0.3 is 0 Å². The number of hydrogen-bond acceptors (Lipinski definition) is 3. The molecule has 4 fully saturated rings. The summed E-state index contributed by atoms with van der Waals surface area (Å²) < 4.78 is 24.2. The van der Waals surface area contributed by atoms with Crippen LogP contribution in [0.25, 0.3) is 5.57 Å². The van der Waals surface area contributed by atoms with E-state index in [0.29, 0.717) is 40.3 Å². The van der Waals surface area contributed by atoms with Gasteiger partial charge in [-0.2, -0.15) is 0 Å². The number of benzene rings is 1. The molecule has 4 heteroatoms. The Morgan fingerprint density at radius 3 is 2.10 bits per heavy atom. The van der Waals surface area contributed by atoms with E-state index in [1.165, 1.54) is 55.1 Å².